The Morgan fingerprint density at radius 3 is 2.84 bits per heavy atom. The average Bonchev–Trinajstić information content (AvgIpc) is 2.64. The number of nitriles is 1. The summed E-state index contributed by atoms with van der Waals surface area (Å²) < 4.78 is 0. The minimum Gasteiger partial charge on any atom is -0.356 e. The van der Waals surface area contributed by atoms with Gasteiger partial charge in [0, 0.05) is 19.3 Å². The maximum atomic E-state index is 9.32. The zero-order valence-electron chi connectivity index (χ0n) is 12.2. The predicted octanol–water partition coefficient (Wildman–Crippen LogP) is 3.52. The summed E-state index contributed by atoms with van der Waals surface area (Å²) >= 11 is 0. The third-order valence-electron chi connectivity index (χ3n) is 4.27. The van der Waals surface area contributed by atoms with Crippen molar-refractivity contribution in [3.8, 4) is 6.07 Å². The molecule has 1 aliphatic rings. The standard InChI is InChI=1S/C16H23N3/c1-12(2)14-5-4-9-19(10-7-14)16-15(11-17)13(3)6-8-18-16/h6,8,12,14H,4-5,7,9-10H2,1-3H3. The number of nitrogens with zero attached hydrogens (tertiary/aromatic N) is 3. The summed E-state index contributed by atoms with van der Waals surface area (Å²) in [6, 6.07) is 4.22. The van der Waals surface area contributed by atoms with Crippen LogP contribution in [0, 0.1) is 30.1 Å². The molecule has 0 amide bonds. The Labute approximate surface area is 116 Å². The summed E-state index contributed by atoms with van der Waals surface area (Å²) in [4.78, 5) is 6.75. The van der Waals surface area contributed by atoms with E-state index in [1.165, 1.54) is 19.3 Å². The van der Waals surface area contributed by atoms with Gasteiger partial charge in [-0.25, -0.2) is 4.98 Å². The van der Waals surface area contributed by atoms with E-state index in [1.807, 2.05) is 19.2 Å². The van der Waals surface area contributed by atoms with Gasteiger partial charge in [0.2, 0.25) is 0 Å². The van der Waals surface area contributed by atoms with Crippen molar-refractivity contribution in [2.45, 2.75) is 40.0 Å². The van der Waals surface area contributed by atoms with Gasteiger partial charge in [0.1, 0.15) is 11.9 Å². The highest BCUT2D eigenvalue weighted by molar-refractivity contribution is 5.57. The second kappa shape index (κ2) is 6.06. The van der Waals surface area contributed by atoms with Gasteiger partial charge in [0.15, 0.2) is 0 Å². The number of rotatable bonds is 2. The fourth-order valence-corrected chi connectivity index (χ4v) is 2.92. The molecule has 0 bridgehead atoms. The summed E-state index contributed by atoms with van der Waals surface area (Å²) in [6.45, 7) is 8.65. The van der Waals surface area contributed by atoms with Crippen molar-refractivity contribution in [2.24, 2.45) is 11.8 Å². The molecule has 19 heavy (non-hydrogen) atoms. The van der Waals surface area contributed by atoms with E-state index in [-0.39, 0.29) is 0 Å². The minimum atomic E-state index is 0.741. The van der Waals surface area contributed by atoms with Crippen molar-refractivity contribution in [1.29, 1.82) is 5.26 Å². The second-order valence-corrected chi connectivity index (χ2v) is 5.86. The lowest BCUT2D eigenvalue weighted by molar-refractivity contribution is 0.351. The van der Waals surface area contributed by atoms with E-state index in [4.69, 9.17) is 0 Å². The van der Waals surface area contributed by atoms with Crippen LogP contribution in [0.15, 0.2) is 12.3 Å². The first-order valence-corrected chi connectivity index (χ1v) is 7.24. The van der Waals surface area contributed by atoms with E-state index in [2.05, 4.69) is 29.8 Å². The summed E-state index contributed by atoms with van der Waals surface area (Å²) in [5.74, 6) is 2.44. The molecule has 1 atom stereocenters. The number of hydrogen-bond donors (Lipinski definition) is 0. The maximum Gasteiger partial charge on any atom is 0.146 e. The lowest BCUT2D eigenvalue weighted by Gasteiger charge is -2.23. The third-order valence-corrected chi connectivity index (χ3v) is 4.27. The smallest absolute Gasteiger partial charge is 0.146 e. The maximum absolute atomic E-state index is 9.32. The lowest BCUT2D eigenvalue weighted by atomic mass is 9.89. The number of aryl methyl sites for hydroxylation is 1. The lowest BCUT2D eigenvalue weighted by Crippen LogP contribution is -2.26. The molecule has 2 heterocycles. The Morgan fingerprint density at radius 2 is 2.16 bits per heavy atom. The normalized spacial score (nSPS) is 20.2. The van der Waals surface area contributed by atoms with E-state index < -0.39 is 0 Å². The fourth-order valence-electron chi connectivity index (χ4n) is 2.92. The molecule has 2 rings (SSSR count). The Kier molecular flexibility index (Phi) is 4.42. The molecule has 0 saturated carbocycles. The molecule has 3 heteroatoms. The molecule has 3 nitrogen and oxygen atoms in total. The quantitative estimate of drug-likeness (QED) is 0.813. The van der Waals surface area contributed by atoms with Crippen LogP contribution in [0.25, 0.3) is 0 Å². The van der Waals surface area contributed by atoms with Crippen LogP contribution in [-0.4, -0.2) is 18.1 Å². The Hall–Kier alpha value is -1.56. The molecular formula is C16H23N3. The van der Waals surface area contributed by atoms with Gasteiger partial charge in [0.05, 0.1) is 5.56 Å². The molecule has 1 aromatic rings. The molecule has 0 aromatic carbocycles. The van der Waals surface area contributed by atoms with Gasteiger partial charge < -0.3 is 4.90 Å². The van der Waals surface area contributed by atoms with Crippen LogP contribution < -0.4 is 4.90 Å². The van der Waals surface area contributed by atoms with E-state index in [0.717, 1.165) is 41.9 Å². The average molecular weight is 257 g/mol. The van der Waals surface area contributed by atoms with Crippen molar-refractivity contribution in [3.63, 3.8) is 0 Å². The van der Waals surface area contributed by atoms with Gasteiger partial charge in [-0.3, -0.25) is 0 Å². The molecule has 0 radical (unpaired) electrons. The topological polar surface area (TPSA) is 39.9 Å². The van der Waals surface area contributed by atoms with Crippen molar-refractivity contribution in [2.75, 3.05) is 18.0 Å². The zero-order chi connectivity index (χ0) is 13.8. The van der Waals surface area contributed by atoms with Gasteiger partial charge in [-0.15, -0.1) is 0 Å². The van der Waals surface area contributed by atoms with E-state index in [0.29, 0.717) is 0 Å². The zero-order valence-corrected chi connectivity index (χ0v) is 12.2. The van der Waals surface area contributed by atoms with Gasteiger partial charge in [-0.05, 0) is 49.7 Å². The third kappa shape index (κ3) is 3.07. The van der Waals surface area contributed by atoms with Crippen LogP contribution in [-0.2, 0) is 0 Å². The summed E-state index contributed by atoms with van der Waals surface area (Å²) in [6.07, 6.45) is 5.51. The van der Waals surface area contributed by atoms with Crippen LogP contribution >= 0.6 is 0 Å². The second-order valence-electron chi connectivity index (χ2n) is 5.86. The largest absolute Gasteiger partial charge is 0.356 e. The highest BCUT2D eigenvalue weighted by Gasteiger charge is 2.22. The number of hydrogen-bond acceptors (Lipinski definition) is 3. The Balaban J connectivity index is 2.19. The first-order chi connectivity index (χ1) is 9.13. The highest BCUT2D eigenvalue weighted by Crippen LogP contribution is 2.28. The van der Waals surface area contributed by atoms with Crippen LogP contribution in [0.1, 0.15) is 44.2 Å². The first-order valence-electron chi connectivity index (χ1n) is 7.24. The van der Waals surface area contributed by atoms with Crippen molar-refractivity contribution >= 4 is 5.82 Å². The van der Waals surface area contributed by atoms with Gasteiger partial charge in [0.25, 0.3) is 0 Å². The van der Waals surface area contributed by atoms with E-state index >= 15 is 0 Å². The molecule has 1 aliphatic heterocycles. The molecule has 0 spiro atoms. The van der Waals surface area contributed by atoms with Gasteiger partial charge in [-0.2, -0.15) is 5.26 Å². The highest BCUT2D eigenvalue weighted by atomic mass is 15.2. The summed E-state index contributed by atoms with van der Waals surface area (Å²) in [5, 5.41) is 9.32. The molecule has 102 valence electrons. The molecule has 1 unspecified atom stereocenters. The summed E-state index contributed by atoms with van der Waals surface area (Å²) in [5.41, 5.74) is 1.77. The molecule has 1 aromatic heterocycles. The van der Waals surface area contributed by atoms with Gasteiger partial charge in [-0.1, -0.05) is 13.8 Å². The first kappa shape index (κ1) is 13.9. The minimum absolute atomic E-state index is 0.741. The Morgan fingerprint density at radius 1 is 1.37 bits per heavy atom. The number of aromatic nitrogens is 1. The van der Waals surface area contributed by atoms with Crippen molar-refractivity contribution < 1.29 is 0 Å². The molecule has 0 aliphatic carbocycles. The van der Waals surface area contributed by atoms with Crippen LogP contribution in [0.5, 0.6) is 0 Å². The molecule has 1 saturated heterocycles. The molecule has 0 N–H and O–H groups in total. The fraction of sp³-hybridized carbons (Fsp3) is 0.625. The monoisotopic (exact) mass is 257 g/mol. The van der Waals surface area contributed by atoms with Crippen LogP contribution in [0.3, 0.4) is 0 Å². The molecule has 1 fully saturated rings. The number of pyridine rings is 1. The summed E-state index contributed by atoms with van der Waals surface area (Å²) in [7, 11) is 0. The van der Waals surface area contributed by atoms with E-state index in [9.17, 15) is 5.26 Å². The van der Waals surface area contributed by atoms with Crippen molar-refractivity contribution in [1.82, 2.24) is 4.98 Å². The molecular weight excluding hydrogens is 234 g/mol. The van der Waals surface area contributed by atoms with Crippen molar-refractivity contribution in [3.05, 3.63) is 23.4 Å². The van der Waals surface area contributed by atoms with Gasteiger partial charge >= 0.3 is 0 Å². The van der Waals surface area contributed by atoms with E-state index in [1.54, 1.807) is 0 Å². The number of anilines is 1. The SMILES string of the molecule is Cc1ccnc(N2CCCC(C(C)C)CC2)c1C#N. The van der Waals surface area contributed by atoms with Crippen LogP contribution in [0.2, 0.25) is 0 Å². The predicted molar refractivity (Wildman–Crippen MR) is 78.1 cm³/mol. The Bertz CT molecular complexity index is 473. The van der Waals surface area contributed by atoms with Crippen LogP contribution in [0.4, 0.5) is 5.82 Å².